The molecule has 148 valence electrons. The second kappa shape index (κ2) is 8.05. The first kappa shape index (κ1) is 19.9. The standard InChI is InChI=1S/C20H29ClN4O2/c1-20(2,3)19(27)25-9-5-6-15(14-25)18(26)24-12-10-23(11-13-24)17-16(21)7-4-8-22-17/h4,7-8,15H,5-6,9-14H2,1-3H3. The number of halogens is 1. The van der Waals surface area contributed by atoms with Crippen molar-refractivity contribution < 1.29 is 9.59 Å². The van der Waals surface area contributed by atoms with Crippen molar-refractivity contribution in [1.82, 2.24) is 14.8 Å². The molecule has 2 saturated heterocycles. The number of likely N-dealkylation sites (tertiary alicyclic amines) is 1. The highest BCUT2D eigenvalue weighted by molar-refractivity contribution is 6.32. The number of carbonyl (C=O) groups excluding carboxylic acids is 2. The summed E-state index contributed by atoms with van der Waals surface area (Å²) in [7, 11) is 0. The van der Waals surface area contributed by atoms with E-state index in [1.807, 2.05) is 42.7 Å². The average Bonchev–Trinajstić information content (AvgIpc) is 2.67. The molecular weight excluding hydrogens is 364 g/mol. The Morgan fingerprint density at radius 2 is 1.81 bits per heavy atom. The van der Waals surface area contributed by atoms with E-state index in [0.717, 1.165) is 38.3 Å². The zero-order chi connectivity index (χ0) is 19.6. The van der Waals surface area contributed by atoms with Crippen molar-refractivity contribution in [2.45, 2.75) is 33.6 Å². The number of aromatic nitrogens is 1. The van der Waals surface area contributed by atoms with Crippen molar-refractivity contribution in [2.75, 3.05) is 44.2 Å². The summed E-state index contributed by atoms with van der Waals surface area (Å²) in [4.78, 5) is 35.9. The summed E-state index contributed by atoms with van der Waals surface area (Å²) < 4.78 is 0. The van der Waals surface area contributed by atoms with E-state index in [1.165, 1.54) is 0 Å². The van der Waals surface area contributed by atoms with Gasteiger partial charge in [-0.1, -0.05) is 32.4 Å². The van der Waals surface area contributed by atoms with E-state index < -0.39 is 5.41 Å². The number of pyridine rings is 1. The number of hydrogen-bond donors (Lipinski definition) is 0. The van der Waals surface area contributed by atoms with E-state index in [-0.39, 0.29) is 17.7 Å². The van der Waals surface area contributed by atoms with E-state index in [2.05, 4.69) is 9.88 Å². The summed E-state index contributed by atoms with van der Waals surface area (Å²) in [6.07, 6.45) is 3.49. The fourth-order valence-corrected chi connectivity index (χ4v) is 4.09. The summed E-state index contributed by atoms with van der Waals surface area (Å²) in [5.74, 6) is 1.00. The summed E-state index contributed by atoms with van der Waals surface area (Å²) in [6.45, 7) is 9.87. The largest absolute Gasteiger partial charge is 0.352 e. The van der Waals surface area contributed by atoms with Gasteiger partial charge in [-0.25, -0.2) is 4.98 Å². The van der Waals surface area contributed by atoms with Crippen molar-refractivity contribution in [3.63, 3.8) is 0 Å². The van der Waals surface area contributed by atoms with Crippen LogP contribution in [0.4, 0.5) is 5.82 Å². The molecule has 2 fully saturated rings. The molecule has 1 aromatic rings. The van der Waals surface area contributed by atoms with E-state index in [4.69, 9.17) is 11.6 Å². The van der Waals surface area contributed by atoms with Crippen LogP contribution in [0.3, 0.4) is 0 Å². The van der Waals surface area contributed by atoms with Crippen LogP contribution in [0.5, 0.6) is 0 Å². The fraction of sp³-hybridized carbons (Fsp3) is 0.650. The van der Waals surface area contributed by atoms with Gasteiger partial charge < -0.3 is 14.7 Å². The van der Waals surface area contributed by atoms with Crippen LogP contribution in [0.15, 0.2) is 18.3 Å². The summed E-state index contributed by atoms with van der Waals surface area (Å²) in [6, 6.07) is 3.66. The number of rotatable bonds is 2. The maximum absolute atomic E-state index is 13.0. The molecule has 3 heterocycles. The van der Waals surface area contributed by atoms with Crippen LogP contribution < -0.4 is 4.90 Å². The predicted octanol–water partition coefficient (Wildman–Crippen LogP) is 2.67. The molecule has 0 bridgehead atoms. The minimum atomic E-state index is -0.404. The van der Waals surface area contributed by atoms with Gasteiger partial charge in [-0.3, -0.25) is 9.59 Å². The third kappa shape index (κ3) is 4.54. The second-order valence-corrected chi connectivity index (χ2v) is 8.87. The molecule has 0 radical (unpaired) electrons. The van der Waals surface area contributed by atoms with Crippen LogP contribution >= 0.6 is 11.6 Å². The Morgan fingerprint density at radius 1 is 1.11 bits per heavy atom. The van der Waals surface area contributed by atoms with Crippen LogP contribution in [0.1, 0.15) is 33.6 Å². The molecule has 6 nitrogen and oxygen atoms in total. The number of piperidine rings is 1. The Hall–Kier alpha value is -1.82. The third-order valence-electron chi connectivity index (χ3n) is 5.33. The van der Waals surface area contributed by atoms with Crippen molar-refractivity contribution in [3.8, 4) is 0 Å². The van der Waals surface area contributed by atoms with Crippen LogP contribution in [-0.4, -0.2) is 65.9 Å². The maximum atomic E-state index is 13.0. The maximum Gasteiger partial charge on any atom is 0.227 e. The van der Waals surface area contributed by atoms with Crippen LogP contribution in [0.2, 0.25) is 5.02 Å². The van der Waals surface area contributed by atoms with Gasteiger partial charge in [-0.05, 0) is 25.0 Å². The lowest BCUT2D eigenvalue weighted by Gasteiger charge is -2.40. The van der Waals surface area contributed by atoms with Gasteiger partial charge in [-0.2, -0.15) is 0 Å². The minimum absolute atomic E-state index is 0.0879. The van der Waals surface area contributed by atoms with E-state index in [1.54, 1.807) is 6.20 Å². The number of hydrogen-bond acceptors (Lipinski definition) is 4. The summed E-state index contributed by atoms with van der Waals surface area (Å²) in [5, 5.41) is 0.640. The Morgan fingerprint density at radius 3 is 2.44 bits per heavy atom. The smallest absolute Gasteiger partial charge is 0.227 e. The molecule has 0 saturated carbocycles. The fourth-order valence-electron chi connectivity index (χ4n) is 3.84. The molecule has 0 aromatic carbocycles. The van der Waals surface area contributed by atoms with Crippen LogP contribution in [-0.2, 0) is 9.59 Å². The Kier molecular flexibility index (Phi) is 5.94. The Labute approximate surface area is 166 Å². The van der Waals surface area contributed by atoms with Gasteiger partial charge in [0.2, 0.25) is 11.8 Å². The van der Waals surface area contributed by atoms with Gasteiger partial charge in [0.25, 0.3) is 0 Å². The Balaban J connectivity index is 1.57. The summed E-state index contributed by atoms with van der Waals surface area (Å²) in [5.41, 5.74) is -0.404. The lowest BCUT2D eigenvalue weighted by molar-refractivity contribution is -0.145. The molecule has 3 rings (SSSR count). The molecule has 0 aliphatic carbocycles. The van der Waals surface area contributed by atoms with Gasteiger partial charge in [0, 0.05) is 50.9 Å². The van der Waals surface area contributed by atoms with E-state index >= 15 is 0 Å². The van der Waals surface area contributed by atoms with Gasteiger partial charge in [0.15, 0.2) is 0 Å². The highest BCUT2D eigenvalue weighted by Crippen LogP contribution is 2.26. The summed E-state index contributed by atoms with van der Waals surface area (Å²) >= 11 is 6.24. The SMILES string of the molecule is CC(C)(C)C(=O)N1CCCC(C(=O)N2CCN(c3ncccc3Cl)CC2)C1. The normalized spacial score (nSPS) is 21.3. The first-order valence-corrected chi connectivity index (χ1v) is 10.1. The van der Waals surface area contributed by atoms with Crippen molar-refractivity contribution in [2.24, 2.45) is 11.3 Å². The monoisotopic (exact) mass is 392 g/mol. The number of nitrogens with zero attached hydrogens (tertiary/aromatic N) is 4. The van der Waals surface area contributed by atoms with E-state index in [0.29, 0.717) is 24.7 Å². The molecule has 1 atom stereocenters. The van der Waals surface area contributed by atoms with E-state index in [9.17, 15) is 9.59 Å². The second-order valence-electron chi connectivity index (χ2n) is 8.46. The van der Waals surface area contributed by atoms with Gasteiger partial charge >= 0.3 is 0 Å². The molecule has 2 amide bonds. The molecule has 0 N–H and O–H groups in total. The Bertz CT molecular complexity index is 695. The van der Waals surface area contributed by atoms with Crippen LogP contribution in [0, 0.1) is 11.3 Å². The molecule has 1 unspecified atom stereocenters. The molecule has 0 spiro atoms. The number of carbonyl (C=O) groups is 2. The zero-order valence-electron chi connectivity index (χ0n) is 16.4. The first-order chi connectivity index (χ1) is 12.8. The lowest BCUT2D eigenvalue weighted by atomic mass is 9.90. The lowest BCUT2D eigenvalue weighted by Crippen LogP contribution is -2.54. The highest BCUT2D eigenvalue weighted by Gasteiger charge is 2.35. The van der Waals surface area contributed by atoms with Crippen molar-refractivity contribution >= 4 is 29.2 Å². The third-order valence-corrected chi connectivity index (χ3v) is 5.62. The van der Waals surface area contributed by atoms with Crippen LogP contribution in [0.25, 0.3) is 0 Å². The van der Waals surface area contributed by atoms with Gasteiger partial charge in [-0.15, -0.1) is 0 Å². The number of anilines is 1. The predicted molar refractivity (Wildman–Crippen MR) is 107 cm³/mol. The topological polar surface area (TPSA) is 56.8 Å². The zero-order valence-corrected chi connectivity index (χ0v) is 17.2. The molecule has 1 aromatic heterocycles. The van der Waals surface area contributed by atoms with Gasteiger partial charge in [0.05, 0.1) is 10.9 Å². The molecule has 27 heavy (non-hydrogen) atoms. The minimum Gasteiger partial charge on any atom is -0.352 e. The molecular formula is C20H29ClN4O2. The molecule has 7 heteroatoms. The van der Waals surface area contributed by atoms with Crippen molar-refractivity contribution in [3.05, 3.63) is 23.4 Å². The number of piperazine rings is 1. The first-order valence-electron chi connectivity index (χ1n) is 9.71. The number of amides is 2. The quantitative estimate of drug-likeness (QED) is 0.776. The molecule has 2 aliphatic heterocycles. The molecule has 2 aliphatic rings. The highest BCUT2D eigenvalue weighted by atomic mass is 35.5. The van der Waals surface area contributed by atoms with Crippen molar-refractivity contribution in [1.29, 1.82) is 0 Å². The van der Waals surface area contributed by atoms with Gasteiger partial charge in [0.1, 0.15) is 5.82 Å². The average molecular weight is 393 g/mol.